The summed E-state index contributed by atoms with van der Waals surface area (Å²) in [6.07, 6.45) is 5.05. The molecular weight excluding hydrogens is 1030 g/mol. The van der Waals surface area contributed by atoms with Gasteiger partial charge in [-0.05, 0) is 112 Å². The van der Waals surface area contributed by atoms with E-state index in [1.807, 2.05) is 55.6 Å². The number of rotatable bonds is 8. The van der Waals surface area contributed by atoms with Crippen molar-refractivity contribution < 1.29 is 24.5 Å². The maximum Gasteiger partial charge on any atom is 0.215 e. The second kappa shape index (κ2) is 19.1. The second-order valence-electron chi connectivity index (χ2n) is 20.9. The summed E-state index contributed by atoms with van der Waals surface area (Å²) in [7, 11) is -1.37. The van der Waals surface area contributed by atoms with Gasteiger partial charge in [-0.15, -0.1) is 48.0 Å². The third-order valence-corrected chi connectivity index (χ3v) is 14.7. The Morgan fingerprint density at radius 2 is 1.44 bits per heavy atom. The zero-order valence-electron chi connectivity index (χ0n) is 41.5. The van der Waals surface area contributed by atoms with Crippen molar-refractivity contribution in [1.29, 1.82) is 0 Å². The van der Waals surface area contributed by atoms with Gasteiger partial charge in [-0.25, -0.2) is 4.98 Å². The first-order valence-electron chi connectivity index (χ1n) is 23.6. The maximum absolute atomic E-state index is 6.28. The van der Waals surface area contributed by atoms with E-state index in [1.165, 1.54) is 43.8 Å². The van der Waals surface area contributed by atoms with Crippen LogP contribution in [-0.2, 0) is 26.5 Å². The van der Waals surface area contributed by atoms with Crippen molar-refractivity contribution in [2.24, 2.45) is 5.41 Å². The van der Waals surface area contributed by atoms with E-state index in [4.69, 9.17) is 24.4 Å². The zero-order valence-corrected chi connectivity index (χ0v) is 44.9. The molecule has 0 atom stereocenters. The molecule has 0 unspecified atom stereocenters. The summed E-state index contributed by atoms with van der Waals surface area (Å²) in [4.78, 5) is 19.5. The smallest absolute Gasteiger partial charge is 0.215 e. The Balaban J connectivity index is 0.000000240. The van der Waals surface area contributed by atoms with Gasteiger partial charge >= 0.3 is 0 Å². The Kier molecular flexibility index (Phi) is 13.6. The van der Waals surface area contributed by atoms with Crippen molar-refractivity contribution in [3.05, 3.63) is 168 Å². The van der Waals surface area contributed by atoms with Crippen LogP contribution in [0.25, 0.3) is 83.3 Å². The van der Waals surface area contributed by atoms with Crippen molar-refractivity contribution in [3.63, 3.8) is 0 Å². The molecule has 1 radical (unpaired) electrons. The number of hydrogen-bond acceptors (Lipinski definition) is 5. The van der Waals surface area contributed by atoms with Crippen molar-refractivity contribution >= 4 is 57.1 Å². The van der Waals surface area contributed by atoms with E-state index < -0.39 is 8.07 Å². The van der Waals surface area contributed by atoms with Crippen LogP contribution in [0.2, 0.25) is 19.6 Å². The fourth-order valence-electron chi connectivity index (χ4n) is 9.42. The minimum atomic E-state index is -1.37. The summed E-state index contributed by atoms with van der Waals surface area (Å²) in [5, 5.41) is 5.90. The monoisotopic (exact) mass is 1090 g/mol. The largest absolute Gasteiger partial charge is 0.458 e. The first kappa shape index (κ1) is 48.4. The molecule has 347 valence electrons. The fraction of sp³-hybridized carbons (Fsp3) is 0.267. The number of aryl methyl sites for hydroxylation is 2. The first-order chi connectivity index (χ1) is 31.9. The van der Waals surface area contributed by atoms with E-state index in [0.29, 0.717) is 5.71 Å². The fourth-order valence-corrected chi connectivity index (χ4v) is 11.0. The number of hydrogen-bond donors (Lipinski definition) is 0. The van der Waals surface area contributed by atoms with Gasteiger partial charge in [-0.3, -0.25) is 9.97 Å². The standard InChI is InChI=1S/C41H35N4O.C19H26NSi.Ir/c1-23(2)33-21-30(29-16-15-27-10-7-8-11-28(27)20-29)22-34(24(3)4)39(33)45-38-26(6)42-19-18-35(38)44-40(45)31-12-9-13-36-37(31)32-17-14-25(5)43-41(32)46-36;1-19(2,3)13-16-12-17(15-10-8-7-9-11-15)20-14-18(16)21(4,5)6;/h7-11,13-24H,1-6H3;7-10,12,14H,13H2,1-6H3;/q2*-1;. The van der Waals surface area contributed by atoms with E-state index in [-0.39, 0.29) is 37.4 Å². The van der Waals surface area contributed by atoms with Crippen molar-refractivity contribution in [2.45, 2.75) is 100 Å². The van der Waals surface area contributed by atoms with Gasteiger partial charge in [0, 0.05) is 49.3 Å². The third kappa shape index (κ3) is 9.65. The molecule has 0 fully saturated rings. The molecular formula is C60H61IrN5OSi-2. The van der Waals surface area contributed by atoms with E-state index >= 15 is 0 Å². The second-order valence-corrected chi connectivity index (χ2v) is 25.9. The van der Waals surface area contributed by atoms with E-state index in [0.717, 1.165) is 73.5 Å². The SMILES string of the molecule is CC(C)(C)Cc1cc(-c2[c-]cccc2)ncc1[Si](C)(C)C.Cc1ccc2c(n1)oc1cc[c-]c(-c3nc4ccnc(C)c4n3-c3c(C(C)C)cc(-c4ccc5ccccc5c4)cc3C(C)C)c12.[Ir]. The van der Waals surface area contributed by atoms with Crippen molar-refractivity contribution in [3.8, 4) is 39.5 Å². The van der Waals surface area contributed by atoms with Gasteiger partial charge in [0.1, 0.15) is 0 Å². The molecule has 5 aromatic heterocycles. The first-order valence-corrected chi connectivity index (χ1v) is 27.1. The number of imidazole rings is 1. The van der Waals surface area contributed by atoms with Gasteiger partial charge in [0.25, 0.3) is 0 Å². The van der Waals surface area contributed by atoms with E-state index in [2.05, 4.69) is 171 Å². The summed E-state index contributed by atoms with van der Waals surface area (Å²) in [6, 6.07) is 47.3. The van der Waals surface area contributed by atoms with Crippen LogP contribution >= 0.6 is 0 Å². The normalized spacial score (nSPS) is 12.0. The molecule has 5 heterocycles. The van der Waals surface area contributed by atoms with Crippen LogP contribution in [0.3, 0.4) is 0 Å². The Labute approximate surface area is 416 Å². The quantitative estimate of drug-likeness (QED) is 0.112. The number of fused-ring (bicyclic) bond motifs is 5. The molecule has 6 nitrogen and oxygen atoms in total. The predicted molar refractivity (Wildman–Crippen MR) is 283 cm³/mol. The van der Waals surface area contributed by atoms with Crippen LogP contribution in [-0.4, -0.2) is 32.6 Å². The van der Waals surface area contributed by atoms with Crippen molar-refractivity contribution in [2.75, 3.05) is 0 Å². The molecule has 0 aliphatic carbocycles. The summed E-state index contributed by atoms with van der Waals surface area (Å²) in [5.41, 5.74) is 16.0. The van der Waals surface area contributed by atoms with Crippen LogP contribution in [0.4, 0.5) is 0 Å². The van der Waals surface area contributed by atoms with E-state index in [9.17, 15) is 0 Å². The minimum Gasteiger partial charge on any atom is -0.458 e. The molecule has 8 heteroatoms. The number of aromatic nitrogens is 5. The summed E-state index contributed by atoms with van der Waals surface area (Å²) >= 11 is 0. The van der Waals surface area contributed by atoms with Gasteiger partial charge in [0.2, 0.25) is 5.71 Å². The van der Waals surface area contributed by atoms with Gasteiger partial charge in [-0.2, -0.15) is 0 Å². The number of benzene rings is 5. The molecule has 68 heavy (non-hydrogen) atoms. The van der Waals surface area contributed by atoms with Gasteiger partial charge < -0.3 is 14.0 Å². The molecule has 0 bridgehead atoms. The van der Waals surface area contributed by atoms with Crippen LogP contribution in [0.15, 0.2) is 132 Å². The summed E-state index contributed by atoms with van der Waals surface area (Å²) in [5.74, 6) is 1.32. The van der Waals surface area contributed by atoms with Crippen LogP contribution in [0.1, 0.15) is 88.4 Å². The average molecular weight is 1090 g/mol. The Morgan fingerprint density at radius 1 is 0.721 bits per heavy atom. The molecule has 5 aromatic carbocycles. The van der Waals surface area contributed by atoms with Crippen LogP contribution in [0, 0.1) is 31.4 Å². The van der Waals surface area contributed by atoms with Crippen molar-refractivity contribution in [1.82, 2.24) is 24.5 Å². The zero-order chi connectivity index (χ0) is 47.4. The third-order valence-electron chi connectivity index (χ3n) is 12.6. The van der Waals surface area contributed by atoms with Crippen LogP contribution in [0.5, 0.6) is 0 Å². The average Bonchev–Trinajstić information content (AvgIpc) is 3.87. The number of pyridine rings is 3. The van der Waals surface area contributed by atoms with Gasteiger partial charge in [-0.1, -0.05) is 139 Å². The van der Waals surface area contributed by atoms with Gasteiger partial charge in [0.15, 0.2) is 0 Å². The molecule has 0 saturated heterocycles. The molecule has 0 aliphatic heterocycles. The molecule has 10 aromatic rings. The molecule has 10 rings (SSSR count). The Hall–Kier alpha value is -6.05. The number of nitrogens with zero attached hydrogens (tertiary/aromatic N) is 5. The number of furan rings is 1. The minimum absolute atomic E-state index is 0. The molecule has 0 saturated carbocycles. The summed E-state index contributed by atoms with van der Waals surface area (Å²) in [6.45, 7) is 27.3. The Bertz CT molecular complexity index is 3420. The molecule has 0 N–H and O–H groups in total. The van der Waals surface area contributed by atoms with Crippen LogP contribution < -0.4 is 5.19 Å². The topological polar surface area (TPSA) is 69.6 Å². The maximum atomic E-state index is 6.28. The predicted octanol–water partition coefficient (Wildman–Crippen LogP) is 15.5. The summed E-state index contributed by atoms with van der Waals surface area (Å²) < 4.78 is 8.62. The molecule has 0 aliphatic rings. The molecule has 0 amide bonds. The van der Waals surface area contributed by atoms with E-state index in [1.54, 1.807) is 0 Å². The Morgan fingerprint density at radius 3 is 2.12 bits per heavy atom. The molecule has 0 spiro atoms. The van der Waals surface area contributed by atoms with Gasteiger partial charge in [0.05, 0.1) is 36.2 Å².